The van der Waals surface area contributed by atoms with Crippen molar-refractivity contribution >= 4 is 18.3 Å². The second kappa shape index (κ2) is 8.66. The minimum atomic E-state index is 0.312. The number of nitrogens with zero attached hydrogens (tertiary/aromatic N) is 3. The lowest BCUT2D eigenvalue weighted by molar-refractivity contribution is -0.105. The predicted octanol–water partition coefficient (Wildman–Crippen LogP) is 3.64. The molecule has 7 nitrogen and oxygen atoms in total. The Morgan fingerprint density at radius 2 is 1.89 bits per heavy atom. The van der Waals surface area contributed by atoms with Gasteiger partial charge in [0.1, 0.15) is 12.4 Å². The van der Waals surface area contributed by atoms with Crippen LogP contribution in [-0.4, -0.2) is 22.4 Å². The zero-order chi connectivity index (χ0) is 19.1. The number of hydrogen-bond acceptors (Lipinski definition) is 5. The second-order valence-corrected chi connectivity index (χ2v) is 5.81. The second-order valence-electron chi connectivity index (χ2n) is 5.81. The van der Waals surface area contributed by atoms with Gasteiger partial charge in [0.05, 0.1) is 17.5 Å². The zero-order valence-corrected chi connectivity index (χ0v) is 15.1. The summed E-state index contributed by atoms with van der Waals surface area (Å²) in [6.07, 6.45) is 2.24. The topological polar surface area (TPSA) is 77.7 Å². The summed E-state index contributed by atoms with van der Waals surface area (Å²) in [6.45, 7) is 2.20. The highest BCUT2D eigenvalue weighted by atomic mass is 16.6. The number of ether oxygens (including phenoxy) is 1. The Labute approximate surface area is 157 Å². The summed E-state index contributed by atoms with van der Waals surface area (Å²) in [5, 5.41) is 11.0. The average molecular weight is 364 g/mol. The fraction of sp³-hybridized carbons (Fsp3) is 0.150. The van der Waals surface area contributed by atoms with Gasteiger partial charge < -0.3 is 14.9 Å². The van der Waals surface area contributed by atoms with Crippen LogP contribution in [0.1, 0.15) is 16.8 Å². The van der Waals surface area contributed by atoms with Crippen molar-refractivity contribution in [2.24, 2.45) is 12.2 Å². The number of carbonyl (C=O) groups is 1. The highest BCUT2D eigenvalue weighted by Crippen LogP contribution is 2.25. The molecule has 0 saturated carbocycles. The van der Waals surface area contributed by atoms with Crippen LogP contribution in [0.2, 0.25) is 0 Å². The number of para-hydroxylation sites is 1. The van der Waals surface area contributed by atoms with Crippen LogP contribution in [0.3, 0.4) is 0 Å². The third-order valence-corrected chi connectivity index (χ3v) is 3.84. The number of carbonyl (C=O) groups excluding carboxylic acids is 1. The molecule has 0 radical (unpaired) electrons. The fourth-order valence-electron chi connectivity index (χ4n) is 2.49. The van der Waals surface area contributed by atoms with E-state index in [0.717, 1.165) is 28.3 Å². The molecule has 0 atom stereocenters. The zero-order valence-electron chi connectivity index (χ0n) is 15.1. The molecular formula is C20H20N4O3. The summed E-state index contributed by atoms with van der Waals surface area (Å²) in [5.41, 5.74) is 3.21. The van der Waals surface area contributed by atoms with Crippen LogP contribution >= 0.6 is 0 Å². The monoisotopic (exact) mass is 364 g/mol. The highest BCUT2D eigenvalue weighted by molar-refractivity contribution is 5.84. The van der Waals surface area contributed by atoms with Gasteiger partial charge in [0.15, 0.2) is 0 Å². The van der Waals surface area contributed by atoms with Gasteiger partial charge in [-0.2, -0.15) is 5.10 Å². The Balaban J connectivity index is 1.65. The van der Waals surface area contributed by atoms with Crippen molar-refractivity contribution in [2.75, 3.05) is 5.32 Å². The summed E-state index contributed by atoms with van der Waals surface area (Å²) < 4.78 is 7.60. The molecule has 138 valence electrons. The molecule has 0 fully saturated rings. The molecule has 3 aromatic rings. The van der Waals surface area contributed by atoms with Gasteiger partial charge >= 0.3 is 0 Å². The Morgan fingerprint density at radius 1 is 1.15 bits per heavy atom. The lowest BCUT2D eigenvalue weighted by atomic mass is 10.2. The van der Waals surface area contributed by atoms with E-state index in [1.54, 1.807) is 23.0 Å². The van der Waals surface area contributed by atoms with E-state index in [9.17, 15) is 4.79 Å². The maximum atomic E-state index is 10.4. The van der Waals surface area contributed by atoms with E-state index in [4.69, 9.17) is 9.57 Å². The van der Waals surface area contributed by atoms with Crippen molar-refractivity contribution in [2.45, 2.75) is 13.5 Å². The number of anilines is 1. The SMILES string of the molecule is Cc1nn(C)c(Oc2ccccc2)c1C=NOCc1ccc(NC=O)cc1. The molecule has 0 aliphatic rings. The van der Waals surface area contributed by atoms with Crippen LogP contribution < -0.4 is 10.1 Å². The Morgan fingerprint density at radius 3 is 2.59 bits per heavy atom. The Bertz CT molecular complexity index is 918. The van der Waals surface area contributed by atoms with Crippen LogP contribution in [0.5, 0.6) is 11.6 Å². The molecule has 1 amide bonds. The van der Waals surface area contributed by atoms with E-state index in [-0.39, 0.29) is 0 Å². The normalized spacial score (nSPS) is 10.7. The van der Waals surface area contributed by atoms with E-state index in [2.05, 4.69) is 15.6 Å². The molecule has 0 aliphatic heterocycles. The van der Waals surface area contributed by atoms with Gasteiger partial charge in [0.25, 0.3) is 0 Å². The predicted molar refractivity (Wildman–Crippen MR) is 103 cm³/mol. The molecule has 1 heterocycles. The maximum Gasteiger partial charge on any atom is 0.226 e. The van der Waals surface area contributed by atoms with Crippen molar-refractivity contribution in [1.82, 2.24) is 9.78 Å². The average Bonchev–Trinajstić information content (AvgIpc) is 2.94. The van der Waals surface area contributed by atoms with E-state index >= 15 is 0 Å². The Hall–Kier alpha value is -3.61. The highest BCUT2D eigenvalue weighted by Gasteiger charge is 2.14. The van der Waals surface area contributed by atoms with Gasteiger partial charge in [-0.1, -0.05) is 35.5 Å². The van der Waals surface area contributed by atoms with Crippen molar-refractivity contribution in [3.63, 3.8) is 0 Å². The quantitative estimate of drug-likeness (QED) is 0.376. The van der Waals surface area contributed by atoms with Crippen LogP contribution in [0, 0.1) is 6.92 Å². The third kappa shape index (κ3) is 4.72. The number of benzene rings is 2. The first-order valence-electron chi connectivity index (χ1n) is 8.38. The van der Waals surface area contributed by atoms with E-state index in [0.29, 0.717) is 18.9 Å². The first kappa shape index (κ1) is 18.2. The standard InChI is InChI=1S/C20H20N4O3/c1-15-19(20(24(2)23-15)27-18-6-4-3-5-7-18)12-22-26-13-16-8-10-17(11-9-16)21-14-25/h3-12,14H,13H2,1-2H3,(H,21,25). The molecule has 0 bridgehead atoms. The molecule has 3 rings (SSSR count). The molecule has 1 aromatic heterocycles. The van der Waals surface area contributed by atoms with E-state index in [1.165, 1.54) is 0 Å². The van der Waals surface area contributed by atoms with Crippen molar-refractivity contribution in [1.29, 1.82) is 0 Å². The van der Waals surface area contributed by atoms with Crippen molar-refractivity contribution in [3.8, 4) is 11.6 Å². The van der Waals surface area contributed by atoms with Crippen LogP contribution in [0.15, 0.2) is 59.8 Å². The minimum Gasteiger partial charge on any atom is -0.439 e. The van der Waals surface area contributed by atoms with Crippen LogP contribution in [0.4, 0.5) is 5.69 Å². The summed E-state index contributed by atoms with van der Waals surface area (Å²) in [6, 6.07) is 16.8. The molecule has 0 saturated heterocycles. The third-order valence-electron chi connectivity index (χ3n) is 3.84. The number of aromatic nitrogens is 2. The number of rotatable bonds is 8. The van der Waals surface area contributed by atoms with Gasteiger partial charge in [-0.05, 0) is 36.8 Å². The van der Waals surface area contributed by atoms with Gasteiger partial charge in [-0.25, -0.2) is 4.68 Å². The summed E-state index contributed by atoms with van der Waals surface area (Å²) in [7, 11) is 1.82. The van der Waals surface area contributed by atoms with E-state index < -0.39 is 0 Å². The molecular weight excluding hydrogens is 344 g/mol. The molecule has 1 N–H and O–H groups in total. The smallest absolute Gasteiger partial charge is 0.226 e. The summed E-state index contributed by atoms with van der Waals surface area (Å²) in [5.74, 6) is 1.32. The summed E-state index contributed by atoms with van der Waals surface area (Å²) >= 11 is 0. The number of aryl methyl sites for hydroxylation is 2. The number of oxime groups is 1. The molecule has 7 heteroatoms. The first-order valence-corrected chi connectivity index (χ1v) is 8.38. The van der Waals surface area contributed by atoms with Gasteiger partial charge in [0.2, 0.25) is 12.3 Å². The van der Waals surface area contributed by atoms with E-state index in [1.807, 2.05) is 56.4 Å². The number of nitrogens with one attached hydrogen (secondary N) is 1. The molecule has 0 unspecified atom stereocenters. The lowest BCUT2D eigenvalue weighted by Crippen LogP contribution is -1.97. The maximum absolute atomic E-state index is 10.4. The lowest BCUT2D eigenvalue weighted by Gasteiger charge is -2.06. The van der Waals surface area contributed by atoms with Crippen LogP contribution in [0.25, 0.3) is 0 Å². The van der Waals surface area contributed by atoms with Crippen LogP contribution in [-0.2, 0) is 23.3 Å². The van der Waals surface area contributed by atoms with Gasteiger partial charge in [-0.3, -0.25) is 4.79 Å². The largest absolute Gasteiger partial charge is 0.439 e. The number of hydrogen-bond donors (Lipinski definition) is 1. The molecule has 0 aliphatic carbocycles. The van der Waals surface area contributed by atoms with Gasteiger partial charge in [0, 0.05) is 12.7 Å². The van der Waals surface area contributed by atoms with Crippen molar-refractivity contribution in [3.05, 3.63) is 71.4 Å². The first-order chi connectivity index (χ1) is 13.2. The van der Waals surface area contributed by atoms with Gasteiger partial charge in [-0.15, -0.1) is 0 Å². The molecule has 27 heavy (non-hydrogen) atoms. The summed E-state index contributed by atoms with van der Waals surface area (Å²) in [4.78, 5) is 15.8. The minimum absolute atomic E-state index is 0.312. The molecule has 2 aromatic carbocycles. The van der Waals surface area contributed by atoms with Crippen molar-refractivity contribution < 1.29 is 14.4 Å². The Kier molecular flexibility index (Phi) is 5.84. The fourth-order valence-corrected chi connectivity index (χ4v) is 2.49. The molecule has 0 spiro atoms. The number of amides is 1.